The number of amides is 1. The Morgan fingerprint density at radius 3 is 1.62 bits per heavy atom. The number of alkyl carbamates (subject to hydrolysis) is 1. The van der Waals surface area contributed by atoms with Crippen molar-refractivity contribution in [3.8, 4) is 0 Å². The van der Waals surface area contributed by atoms with Crippen LogP contribution in [0, 0.1) is 0 Å². The van der Waals surface area contributed by atoms with E-state index in [2.05, 4.69) is 37.8 Å². The summed E-state index contributed by atoms with van der Waals surface area (Å²) in [5, 5.41) is 18.2. The van der Waals surface area contributed by atoms with Crippen molar-refractivity contribution in [1.82, 2.24) is 25.7 Å². The van der Waals surface area contributed by atoms with Gasteiger partial charge >= 0.3 is 12.3 Å². The van der Waals surface area contributed by atoms with E-state index in [9.17, 15) is 18.0 Å². The number of nitrogens with zero attached hydrogens (tertiary/aromatic N) is 4. The zero-order valence-corrected chi connectivity index (χ0v) is 25.8. The molecule has 9 nitrogen and oxygen atoms in total. The van der Waals surface area contributed by atoms with E-state index in [1.807, 2.05) is 81.4 Å². The van der Waals surface area contributed by atoms with Gasteiger partial charge < -0.3 is 15.8 Å². The van der Waals surface area contributed by atoms with Crippen molar-refractivity contribution in [3.63, 3.8) is 0 Å². The molecule has 3 N–H and O–H groups in total. The molecule has 45 heavy (non-hydrogen) atoms. The molecule has 0 saturated carbocycles. The average molecular weight is 628 g/mol. The van der Waals surface area contributed by atoms with Gasteiger partial charge in [-0.1, -0.05) is 74.5 Å². The van der Waals surface area contributed by atoms with Crippen LogP contribution >= 0.6 is 0 Å². The van der Waals surface area contributed by atoms with Gasteiger partial charge in [-0.3, -0.25) is 4.79 Å². The smallest absolute Gasteiger partial charge is 0.444 e. The number of hydrogen-bond acceptors (Lipinski definition) is 8. The standard InChI is InChI=1S/C17H21N3O2.C12H13N3.C2HF3O.C2H6/c1-17(2,3)22-16(21)18-12-15(13-7-5-4-6-8-13)14-9-10-19-20-11-14;13-8-12(10-4-2-1-3-5-10)11-6-7-14-15-9-11;3-2(4,5)1-6;1-2/h4-11,15H,12H2,1-3H3,(H,18,21);1-7,9,12H,8,13H2;1H;1-2H3/i;;;1D. The molecule has 2 aromatic carbocycles. The summed E-state index contributed by atoms with van der Waals surface area (Å²) in [6.07, 6.45) is 0.710. The molecule has 0 radical (unpaired) electrons. The third kappa shape index (κ3) is 16.1. The lowest BCUT2D eigenvalue weighted by molar-refractivity contribution is -0.156. The van der Waals surface area contributed by atoms with Crippen molar-refractivity contribution in [2.75, 3.05) is 13.1 Å². The van der Waals surface area contributed by atoms with Crippen molar-refractivity contribution >= 4 is 12.4 Å². The van der Waals surface area contributed by atoms with Crippen LogP contribution in [0.1, 0.15) is 70.1 Å². The molecule has 2 unspecified atom stereocenters. The Morgan fingerprint density at radius 1 is 0.844 bits per heavy atom. The minimum atomic E-state index is -4.64. The number of carbonyl (C=O) groups is 2. The molecule has 2 heterocycles. The molecular weight excluding hydrogens is 585 g/mol. The Hall–Kier alpha value is -4.71. The summed E-state index contributed by atoms with van der Waals surface area (Å²) in [4.78, 5) is 20.6. The van der Waals surface area contributed by atoms with E-state index in [1.54, 1.807) is 31.7 Å². The normalized spacial score (nSPS) is 12.1. The number of ether oxygens (including phenoxy) is 1. The number of benzene rings is 2. The molecule has 0 aliphatic carbocycles. The zero-order chi connectivity index (χ0) is 34.4. The molecule has 0 bridgehead atoms. The number of nitrogens with one attached hydrogen (secondary N) is 1. The molecule has 0 fully saturated rings. The van der Waals surface area contributed by atoms with Crippen molar-refractivity contribution in [1.29, 1.82) is 0 Å². The monoisotopic (exact) mass is 627 g/mol. The molecule has 0 saturated heterocycles. The molecule has 2 aromatic heterocycles. The van der Waals surface area contributed by atoms with E-state index in [4.69, 9.17) is 16.6 Å². The number of nitrogens with two attached hydrogens (primary N) is 1. The SMILES string of the molecule is CC(C)(C)OC(=O)NCC(c1ccccc1)c1ccnnc1.NCC(c1ccccc1)c1ccnnc1.O=CC(F)(F)F.[2H]CC. The minimum Gasteiger partial charge on any atom is -0.444 e. The number of carbonyl (C=O) groups excluding carboxylic acids is 2. The van der Waals surface area contributed by atoms with Crippen LogP contribution in [-0.4, -0.2) is 57.6 Å². The minimum absolute atomic E-state index is 0.00391. The number of halogens is 3. The van der Waals surface area contributed by atoms with Crippen LogP contribution in [-0.2, 0) is 9.53 Å². The molecule has 12 heteroatoms. The van der Waals surface area contributed by atoms with E-state index >= 15 is 0 Å². The lowest BCUT2D eigenvalue weighted by atomic mass is 9.93. The number of hydrogen-bond donors (Lipinski definition) is 2. The van der Waals surface area contributed by atoms with Crippen LogP contribution < -0.4 is 11.1 Å². The van der Waals surface area contributed by atoms with E-state index in [0.717, 1.165) is 16.7 Å². The summed E-state index contributed by atoms with van der Waals surface area (Å²) in [7, 11) is 0. The highest BCUT2D eigenvalue weighted by atomic mass is 19.4. The van der Waals surface area contributed by atoms with Crippen LogP contribution in [0.5, 0.6) is 0 Å². The Balaban J connectivity index is 0.000000379. The summed E-state index contributed by atoms with van der Waals surface area (Å²) >= 11 is 0. The van der Waals surface area contributed by atoms with E-state index in [1.165, 1.54) is 5.56 Å². The third-order valence-electron chi connectivity index (χ3n) is 5.64. The van der Waals surface area contributed by atoms with Gasteiger partial charge in [-0.15, -0.1) is 0 Å². The lowest BCUT2D eigenvalue weighted by Gasteiger charge is -2.22. The van der Waals surface area contributed by atoms with Gasteiger partial charge in [0.2, 0.25) is 6.29 Å². The summed E-state index contributed by atoms with van der Waals surface area (Å²) < 4.78 is 42.7. The topological polar surface area (TPSA) is 133 Å². The van der Waals surface area contributed by atoms with Crippen molar-refractivity contribution in [2.45, 2.75) is 58.2 Å². The van der Waals surface area contributed by atoms with Crippen molar-refractivity contribution < 1.29 is 28.9 Å². The largest absolute Gasteiger partial charge is 0.446 e. The van der Waals surface area contributed by atoms with Crippen LogP contribution in [0.4, 0.5) is 18.0 Å². The Morgan fingerprint density at radius 2 is 1.27 bits per heavy atom. The Labute approximate surface area is 263 Å². The first-order valence-corrected chi connectivity index (χ1v) is 14.0. The molecule has 1 amide bonds. The third-order valence-corrected chi connectivity index (χ3v) is 5.64. The fraction of sp³-hybridized carbons (Fsp3) is 0.333. The molecule has 0 spiro atoms. The van der Waals surface area contributed by atoms with Gasteiger partial charge in [0.05, 0.1) is 12.4 Å². The van der Waals surface area contributed by atoms with Gasteiger partial charge in [0.25, 0.3) is 0 Å². The van der Waals surface area contributed by atoms with Crippen LogP contribution in [0.2, 0.25) is 0 Å². The second-order valence-electron chi connectivity index (χ2n) is 10.1. The summed E-state index contributed by atoms with van der Waals surface area (Å²) in [5.41, 5.74) is 9.71. The summed E-state index contributed by atoms with van der Waals surface area (Å²) in [6.45, 7) is 8.83. The molecule has 0 aliphatic rings. The predicted molar refractivity (Wildman–Crippen MR) is 167 cm³/mol. The Bertz CT molecular complexity index is 1290. The maximum absolute atomic E-state index is 11.9. The van der Waals surface area contributed by atoms with Gasteiger partial charge in [-0.25, -0.2) is 4.79 Å². The van der Waals surface area contributed by atoms with E-state index < -0.39 is 24.2 Å². The highest BCUT2D eigenvalue weighted by Crippen LogP contribution is 2.23. The second-order valence-corrected chi connectivity index (χ2v) is 10.1. The first-order valence-electron chi connectivity index (χ1n) is 14.7. The fourth-order valence-corrected chi connectivity index (χ4v) is 3.78. The number of aromatic nitrogens is 4. The van der Waals surface area contributed by atoms with Crippen molar-refractivity contribution in [3.05, 3.63) is 120 Å². The van der Waals surface area contributed by atoms with Crippen molar-refractivity contribution in [2.24, 2.45) is 5.73 Å². The average Bonchev–Trinajstić information content (AvgIpc) is 3.03. The second kappa shape index (κ2) is 20.3. The molecule has 4 rings (SSSR count). The van der Waals surface area contributed by atoms with Crippen LogP contribution in [0.25, 0.3) is 0 Å². The highest BCUT2D eigenvalue weighted by molar-refractivity contribution is 5.67. The molecule has 2 atom stereocenters. The maximum Gasteiger partial charge on any atom is 0.446 e. The first kappa shape index (κ1) is 36.5. The Kier molecular flexibility index (Phi) is 16.4. The summed E-state index contributed by atoms with van der Waals surface area (Å²) in [6, 6.07) is 24.0. The zero-order valence-electron chi connectivity index (χ0n) is 26.8. The number of alkyl halides is 3. The lowest BCUT2D eigenvalue weighted by Crippen LogP contribution is -2.35. The highest BCUT2D eigenvalue weighted by Gasteiger charge is 2.25. The molecule has 242 valence electrons. The first-order chi connectivity index (χ1) is 21.8. The quantitative estimate of drug-likeness (QED) is 0.223. The van der Waals surface area contributed by atoms with Crippen LogP contribution in [0.15, 0.2) is 97.6 Å². The summed E-state index contributed by atoms with van der Waals surface area (Å²) in [5.74, 6) is 0.214. The van der Waals surface area contributed by atoms with E-state index in [0.29, 0.717) is 20.0 Å². The predicted octanol–water partition coefficient (Wildman–Crippen LogP) is 6.47. The van der Waals surface area contributed by atoms with Gasteiger partial charge in [-0.05, 0) is 55.2 Å². The van der Waals surface area contributed by atoms with Gasteiger partial charge in [-0.2, -0.15) is 33.6 Å². The van der Waals surface area contributed by atoms with E-state index in [-0.39, 0.29) is 11.8 Å². The fourth-order valence-electron chi connectivity index (χ4n) is 3.78. The van der Waals surface area contributed by atoms with Gasteiger partial charge in [0.1, 0.15) is 5.60 Å². The molecule has 4 aromatic rings. The number of aldehydes is 1. The molecular formula is C33H41F3N6O3. The van der Waals surface area contributed by atoms with Crippen LogP contribution in [0.3, 0.4) is 0 Å². The number of rotatable bonds is 7. The maximum atomic E-state index is 11.9. The van der Waals surface area contributed by atoms with Gasteiger partial charge in [0, 0.05) is 38.7 Å². The molecule has 0 aliphatic heterocycles. The van der Waals surface area contributed by atoms with Gasteiger partial charge in [0.15, 0.2) is 0 Å².